The summed E-state index contributed by atoms with van der Waals surface area (Å²) in [6.45, 7) is 2.05. The van der Waals surface area contributed by atoms with E-state index in [-0.39, 0.29) is 23.8 Å². The summed E-state index contributed by atoms with van der Waals surface area (Å²) in [5.41, 5.74) is 2.17. The lowest BCUT2D eigenvalue weighted by atomic mass is 9.82. The summed E-state index contributed by atoms with van der Waals surface area (Å²) in [5, 5.41) is 0. The molecule has 3 aromatic carbocycles. The van der Waals surface area contributed by atoms with Crippen LogP contribution in [0, 0.1) is 18.8 Å². The number of rotatable bonds is 10. The number of carbonyl (C=O) groups excluding carboxylic acids is 1. The Morgan fingerprint density at radius 2 is 1.47 bits per heavy atom. The SMILES string of the molecule is COc1cc([C@H](OC)[C@H]2CN(S(=O)(=O)c3ccc(C)cc3)C[C@@H]2C(=O)c2ccccc2)cc(OC)c1OC. The lowest BCUT2D eigenvalue weighted by Gasteiger charge is -2.28. The van der Waals surface area contributed by atoms with Gasteiger partial charge in [0, 0.05) is 37.6 Å². The number of ketones is 1. The highest BCUT2D eigenvalue weighted by Crippen LogP contribution is 2.45. The predicted molar refractivity (Wildman–Crippen MR) is 144 cm³/mol. The van der Waals surface area contributed by atoms with Crippen LogP contribution in [0.15, 0.2) is 71.6 Å². The standard InChI is InChI=1S/C29H33NO7S/c1-19-11-13-22(14-12-19)38(32,33)30-17-23(27(31)20-9-7-6-8-10-20)24(18-30)28(36-4)21-15-25(34-2)29(37-5)26(16-21)35-3/h6-16,23-24,28H,17-18H2,1-5H3/t23-,24-,28-/m0/s1. The molecule has 202 valence electrons. The van der Waals surface area contributed by atoms with Gasteiger partial charge in [-0.2, -0.15) is 4.31 Å². The first-order valence-corrected chi connectivity index (χ1v) is 13.7. The van der Waals surface area contributed by atoms with Crippen molar-refractivity contribution in [2.75, 3.05) is 41.5 Å². The van der Waals surface area contributed by atoms with Crippen molar-refractivity contribution in [3.8, 4) is 17.2 Å². The molecule has 0 amide bonds. The van der Waals surface area contributed by atoms with Gasteiger partial charge in [-0.15, -0.1) is 0 Å². The van der Waals surface area contributed by atoms with Crippen molar-refractivity contribution >= 4 is 15.8 Å². The Balaban J connectivity index is 1.78. The van der Waals surface area contributed by atoms with Gasteiger partial charge >= 0.3 is 0 Å². The molecule has 1 aliphatic heterocycles. The van der Waals surface area contributed by atoms with Gasteiger partial charge in [-0.3, -0.25) is 4.79 Å². The maximum Gasteiger partial charge on any atom is 0.243 e. The zero-order chi connectivity index (χ0) is 27.4. The molecule has 0 unspecified atom stereocenters. The topological polar surface area (TPSA) is 91.4 Å². The molecule has 0 saturated carbocycles. The van der Waals surface area contributed by atoms with E-state index in [2.05, 4.69) is 0 Å². The molecule has 0 radical (unpaired) electrons. The summed E-state index contributed by atoms with van der Waals surface area (Å²) in [6, 6.07) is 19.2. The summed E-state index contributed by atoms with van der Waals surface area (Å²) < 4.78 is 51.2. The third-order valence-corrected chi connectivity index (χ3v) is 8.89. The monoisotopic (exact) mass is 539 g/mol. The minimum absolute atomic E-state index is 0.0406. The van der Waals surface area contributed by atoms with Gasteiger partial charge in [0.2, 0.25) is 15.8 Å². The van der Waals surface area contributed by atoms with E-state index in [1.807, 2.05) is 13.0 Å². The number of nitrogens with zero attached hydrogens (tertiary/aromatic N) is 1. The molecule has 0 aromatic heterocycles. The number of benzene rings is 3. The molecule has 0 spiro atoms. The van der Waals surface area contributed by atoms with Crippen molar-refractivity contribution in [2.24, 2.45) is 11.8 Å². The molecule has 0 aliphatic carbocycles. The first-order valence-electron chi connectivity index (χ1n) is 12.2. The maximum absolute atomic E-state index is 13.8. The van der Waals surface area contributed by atoms with E-state index in [1.165, 1.54) is 25.6 Å². The molecule has 1 saturated heterocycles. The zero-order valence-electron chi connectivity index (χ0n) is 22.2. The molecule has 1 fully saturated rings. The Labute approximate surface area is 224 Å². The number of carbonyl (C=O) groups is 1. The van der Waals surface area contributed by atoms with Crippen LogP contribution < -0.4 is 14.2 Å². The Hall–Kier alpha value is -3.40. The molecular weight excluding hydrogens is 506 g/mol. The lowest BCUT2D eigenvalue weighted by Crippen LogP contribution is -2.30. The highest BCUT2D eigenvalue weighted by molar-refractivity contribution is 7.89. The number of methoxy groups -OCH3 is 4. The largest absolute Gasteiger partial charge is 0.493 e. The quantitative estimate of drug-likeness (QED) is 0.350. The molecule has 0 bridgehead atoms. The Morgan fingerprint density at radius 3 is 2.00 bits per heavy atom. The van der Waals surface area contributed by atoms with Crippen molar-refractivity contribution in [2.45, 2.75) is 17.9 Å². The number of Topliss-reactive ketones (excluding diaryl/α,β-unsaturated/α-hetero) is 1. The summed E-state index contributed by atoms with van der Waals surface area (Å²) in [7, 11) is 2.28. The minimum Gasteiger partial charge on any atom is -0.493 e. The molecule has 1 aliphatic rings. The summed E-state index contributed by atoms with van der Waals surface area (Å²) in [4.78, 5) is 14.0. The molecule has 3 aromatic rings. The van der Waals surface area contributed by atoms with Crippen molar-refractivity contribution in [3.05, 3.63) is 83.4 Å². The van der Waals surface area contributed by atoms with E-state index < -0.39 is 28.0 Å². The molecule has 1 heterocycles. The van der Waals surface area contributed by atoms with E-state index in [0.29, 0.717) is 28.4 Å². The Bertz CT molecular complexity index is 1350. The van der Waals surface area contributed by atoms with Crippen LogP contribution in [0.5, 0.6) is 17.2 Å². The van der Waals surface area contributed by atoms with Crippen molar-refractivity contribution in [3.63, 3.8) is 0 Å². The second-order valence-electron chi connectivity index (χ2n) is 9.25. The van der Waals surface area contributed by atoms with Gasteiger partial charge < -0.3 is 18.9 Å². The van der Waals surface area contributed by atoms with Crippen LogP contribution in [-0.2, 0) is 14.8 Å². The van der Waals surface area contributed by atoms with Gasteiger partial charge in [-0.25, -0.2) is 8.42 Å². The molecular formula is C29H33NO7S. The van der Waals surface area contributed by atoms with Gasteiger partial charge in [-0.1, -0.05) is 48.0 Å². The molecule has 38 heavy (non-hydrogen) atoms. The number of hydrogen-bond donors (Lipinski definition) is 0. The van der Waals surface area contributed by atoms with Crippen LogP contribution in [0.3, 0.4) is 0 Å². The predicted octanol–water partition coefficient (Wildman–Crippen LogP) is 4.53. The zero-order valence-corrected chi connectivity index (χ0v) is 23.0. The van der Waals surface area contributed by atoms with E-state index >= 15 is 0 Å². The highest BCUT2D eigenvalue weighted by atomic mass is 32.2. The van der Waals surface area contributed by atoms with Gasteiger partial charge in [-0.05, 0) is 36.8 Å². The van der Waals surface area contributed by atoms with Crippen molar-refractivity contribution in [1.82, 2.24) is 4.31 Å². The smallest absolute Gasteiger partial charge is 0.243 e. The first kappa shape index (κ1) is 27.6. The average molecular weight is 540 g/mol. The van der Waals surface area contributed by atoms with E-state index in [9.17, 15) is 13.2 Å². The summed E-state index contributed by atoms with van der Waals surface area (Å²) >= 11 is 0. The molecule has 0 N–H and O–H groups in total. The van der Waals surface area contributed by atoms with Crippen LogP contribution >= 0.6 is 0 Å². The molecule has 8 nitrogen and oxygen atoms in total. The van der Waals surface area contributed by atoms with Crippen LogP contribution in [-0.4, -0.2) is 60.0 Å². The van der Waals surface area contributed by atoms with Gasteiger partial charge in [0.05, 0.1) is 32.3 Å². The fourth-order valence-electron chi connectivity index (χ4n) is 5.07. The normalized spacial score (nSPS) is 18.7. The van der Waals surface area contributed by atoms with Crippen molar-refractivity contribution < 1.29 is 32.2 Å². The van der Waals surface area contributed by atoms with Gasteiger partial charge in [0.15, 0.2) is 17.3 Å². The average Bonchev–Trinajstić information content (AvgIpc) is 3.39. The first-order chi connectivity index (χ1) is 18.2. The van der Waals surface area contributed by atoms with Crippen molar-refractivity contribution in [1.29, 1.82) is 0 Å². The Kier molecular flexibility index (Phi) is 8.40. The summed E-state index contributed by atoms with van der Waals surface area (Å²) in [5.74, 6) is 0.0681. The number of hydrogen-bond acceptors (Lipinski definition) is 7. The second kappa shape index (κ2) is 11.6. The number of sulfonamides is 1. The van der Waals surface area contributed by atoms with E-state index in [4.69, 9.17) is 18.9 Å². The van der Waals surface area contributed by atoms with Crippen LogP contribution in [0.4, 0.5) is 0 Å². The van der Waals surface area contributed by atoms with Gasteiger partial charge in [0.1, 0.15) is 0 Å². The van der Waals surface area contributed by atoms with Crippen LogP contribution in [0.1, 0.15) is 27.6 Å². The van der Waals surface area contributed by atoms with Crippen LogP contribution in [0.25, 0.3) is 0 Å². The third-order valence-electron chi connectivity index (χ3n) is 7.04. The van der Waals surface area contributed by atoms with Gasteiger partial charge in [0.25, 0.3) is 0 Å². The van der Waals surface area contributed by atoms with E-state index in [0.717, 1.165) is 5.56 Å². The van der Waals surface area contributed by atoms with E-state index in [1.54, 1.807) is 67.8 Å². The maximum atomic E-state index is 13.8. The second-order valence-corrected chi connectivity index (χ2v) is 11.2. The molecule has 3 atom stereocenters. The lowest BCUT2D eigenvalue weighted by molar-refractivity contribution is 0.0378. The molecule has 4 rings (SSSR count). The number of ether oxygens (including phenoxy) is 4. The minimum atomic E-state index is -3.84. The highest BCUT2D eigenvalue weighted by Gasteiger charge is 2.47. The molecule has 9 heteroatoms. The summed E-state index contributed by atoms with van der Waals surface area (Å²) in [6.07, 6.45) is -0.625. The van der Waals surface area contributed by atoms with Crippen LogP contribution in [0.2, 0.25) is 0 Å². The Morgan fingerprint density at radius 1 is 0.868 bits per heavy atom. The third kappa shape index (κ3) is 5.27. The fraction of sp³-hybridized carbons (Fsp3) is 0.345. The number of aryl methyl sites for hydroxylation is 1. The fourth-order valence-corrected chi connectivity index (χ4v) is 6.57.